The molecule has 0 fully saturated rings. The molecule has 0 aliphatic heterocycles. The second kappa shape index (κ2) is 16.8. The summed E-state index contributed by atoms with van der Waals surface area (Å²) in [5.41, 5.74) is 14.4. The van der Waals surface area contributed by atoms with E-state index in [0.29, 0.717) is 40.0 Å². The first-order chi connectivity index (χ1) is 35.7. The highest BCUT2D eigenvalue weighted by molar-refractivity contribution is 6.18. The molecule has 0 atom stereocenters. The van der Waals surface area contributed by atoms with Gasteiger partial charge in [0.15, 0.2) is 17.5 Å². The van der Waals surface area contributed by atoms with Crippen molar-refractivity contribution in [2.75, 3.05) is 0 Å². The zero-order chi connectivity index (χ0) is 52.5. The molecule has 0 amide bonds. The molecule has 7 nitrogen and oxygen atoms in total. The third-order valence-electron chi connectivity index (χ3n) is 15.2. The number of benzene rings is 8. The number of nitrogens with zero attached hydrogens (tertiary/aromatic N) is 6. The Hall–Kier alpha value is -8.34. The normalized spacial score (nSPS) is 12.8. The predicted molar refractivity (Wildman–Crippen MR) is 313 cm³/mol. The number of furan rings is 1. The van der Waals surface area contributed by atoms with Gasteiger partial charge >= 0.3 is 0 Å². The Morgan fingerprint density at radius 3 is 1.19 bits per heavy atom. The zero-order valence-electron chi connectivity index (χ0n) is 45.1. The van der Waals surface area contributed by atoms with Gasteiger partial charge in [-0.2, -0.15) is 0 Å². The molecule has 4 heterocycles. The molecule has 7 heteroatoms. The molecular weight excluding hydrogens is 917 g/mol. The van der Waals surface area contributed by atoms with Gasteiger partial charge in [0, 0.05) is 43.4 Å². The van der Waals surface area contributed by atoms with Gasteiger partial charge in [-0.3, -0.25) is 0 Å². The summed E-state index contributed by atoms with van der Waals surface area (Å²) >= 11 is 0. The summed E-state index contributed by atoms with van der Waals surface area (Å²) < 4.78 is 12.1. The Morgan fingerprint density at radius 1 is 0.387 bits per heavy atom. The van der Waals surface area contributed by atoms with Crippen LogP contribution < -0.4 is 0 Å². The summed E-state index contributed by atoms with van der Waals surface area (Å²) in [5, 5.41) is 6.33. The minimum atomic E-state index is -0.0970. The predicted octanol–water partition coefficient (Wildman–Crippen LogP) is 18.7. The quantitative estimate of drug-likeness (QED) is 0.161. The van der Waals surface area contributed by atoms with E-state index in [2.05, 4.69) is 188 Å². The van der Waals surface area contributed by atoms with Gasteiger partial charge in [-0.05, 0) is 105 Å². The summed E-state index contributed by atoms with van der Waals surface area (Å²) in [5.74, 6) is 1.62. The molecule has 0 radical (unpaired) electrons. The average molecular weight is 979 g/mol. The average Bonchev–Trinajstić information content (AvgIpc) is 4.07. The van der Waals surface area contributed by atoms with Crippen molar-refractivity contribution in [3.05, 3.63) is 191 Å². The van der Waals surface area contributed by atoms with Gasteiger partial charge in [0.2, 0.25) is 5.69 Å². The third-order valence-corrected chi connectivity index (χ3v) is 15.2. The fraction of sp³-hybridized carbons (Fsp3) is 0.235. The Balaban J connectivity index is 1.25. The smallest absolute Gasteiger partial charge is 0.237 e. The van der Waals surface area contributed by atoms with Gasteiger partial charge in [0.25, 0.3) is 0 Å². The van der Waals surface area contributed by atoms with Crippen LogP contribution in [0, 0.1) is 6.57 Å². The maximum atomic E-state index is 9.45. The van der Waals surface area contributed by atoms with Crippen LogP contribution >= 0.6 is 0 Å². The van der Waals surface area contributed by atoms with E-state index >= 15 is 0 Å². The van der Waals surface area contributed by atoms with Crippen molar-refractivity contribution in [2.24, 2.45) is 0 Å². The van der Waals surface area contributed by atoms with Gasteiger partial charge in [-0.25, -0.2) is 19.8 Å². The monoisotopic (exact) mass is 978 g/mol. The van der Waals surface area contributed by atoms with E-state index in [0.717, 1.165) is 76.8 Å². The number of hydrogen-bond acceptors (Lipinski definition) is 4. The van der Waals surface area contributed by atoms with E-state index in [1.54, 1.807) is 0 Å². The highest BCUT2D eigenvalue weighted by atomic mass is 16.3. The van der Waals surface area contributed by atoms with Crippen LogP contribution in [0.25, 0.3) is 116 Å². The summed E-state index contributed by atoms with van der Waals surface area (Å²) in [6.07, 6.45) is 0. The molecule has 4 aromatic heterocycles. The van der Waals surface area contributed by atoms with Crippen molar-refractivity contribution in [1.29, 1.82) is 0 Å². The van der Waals surface area contributed by atoms with Crippen LogP contribution in [0.15, 0.2) is 162 Å². The van der Waals surface area contributed by atoms with E-state index in [-0.39, 0.29) is 21.7 Å². The molecule has 0 aliphatic carbocycles. The van der Waals surface area contributed by atoms with Crippen LogP contribution in [-0.2, 0) is 21.7 Å². The minimum absolute atomic E-state index is 0.0795. The van der Waals surface area contributed by atoms with E-state index in [1.807, 2.05) is 66.7 Å². The first-order valence-electron chi connectivity index (χ1n) is 26.1. The molecule has 0 N–H and O–H groups in total. The Kier molecular flexibility index (Phi) is 10.7. The largest absolute Gasteiger partial charge is 0.454 e. The number of rotatable bonds is 5. The highest BCUT2D eigenvalue weighted by Crippen LogP contribution is 2.50. The number of aromatic nitrogens is 5. The van der Waals surface area contributed by atoms with Gasteiger partial charge in [0.05, 0.1) is 45.6 Å². The summed E-state index contributed by atoms with van der Waals surface area (Å²) in [6, 6.07) is 56.0. The fourth-order valence-corrected chi connectivity index (χ4v) is 10.9. The van der Waals surface area contributed by atoms with Crippen LogP contribution in [0.5, 0.6) is 0 Å². The van der Waals surface area contributed by atoms with Crippen LogP contribution in [-0.4, -0.2) is 24.1 Å². The van der Waals surface area contributed by atoms with Crippen molar-refractivity contribution >= 4 is 71.2 Å². The molecule has 12 rings (SSSR count). The van der Waals surface area contributed by atoms with Gasteiger partial charge in [0.1, 0.15) is 11.2 Å². The molecule has 370 valence electrons. The van der Waals surface area contributed by atoms with Crippen molar-refractivity contribution in [3.63, 3.8) is 0 Å². The van der Waals surface area contributed by atoms with Crippen LogP contribution in [0.4, 0.5) is 5.69 Å². The molecule has 0 aliphatic rings. The highest BCUT2D eigenvalue weighted by Gasteiger charge is 2.30. The van der Waals surface area contributed by atoms with E-state index in [1.165, 1.54) is 22.3 Å². The number of hydrogen-bond donors (Lipinski definition) is 0. The lowest BCUT2D eigenvalue weighted by atomic mass is 9.85. The maximum Gasteiger partial charge on any atom is 0.237 e. The lowest BCUT2D eigenvalue weighted by Crippen LogP contribution is -2.10. The van der Waals surface area contributed by atoms with Crippen molar-refractivity contribution in [1.82, 2.24) is 24.1 Å². The Morgan fingerprint density at radius 2 is 0.787 bits per heavy atom. The fourth-order valence-electron chi connectivity index (χ4n) is 10.9. The lowest BCUT2D eigenvalue weighted by molar-refractivity contribution is 0.590. The SMILES string of the molecule is [C-]#[N+]c1c(-n2c3ccc(C(C)(C)C)cc3c3cc(C(C)(C)C)ccc32)cc2c(oc3c(-c4nc(-c5ccccc5)nc(-c5ccccc5)n4)cccc32)c1-n1c2ccc(C(C)(C)C)cc2c2cc(C(C)(C)C)ccc21. The van der Waals surface area contributed by atoms with Crippen molar-refractivity contribution in [3.8, 4) is 45.5 Å². The third kappa shape index (κ3) is 7.89. The van der Waals surface area contributed by atoms with E-state index < -0.39 is 0 Å². The molecule has 75 heavy (non-hydrogen) atoms. The van der Waals surface area contributed by atoms with Crippen LogP contribution in [0.1, 0.15) is 105 Å². The first-order valence-corrected chi connectivity index (χ1v) is 26.1. The molecule has 0 bridgehead atoms. The molecule has 0 saturated carbocycles. The van der Waals surface area contributed by atoms with Crippen LogP contribution in [0.3, 0.4) is 0 Å². The van der Waals surface area contributed by atoms with Gasteiger partial charge < -0.3 is 13.6 Å². The molecule has 8 aromatic carbocycles. The molecule has 0 spiro atoms. The summed E-state index contributed by atoms with van der Waals surface area (Å²) in [4.78, 5) is 20.1. The molecule has 12 aromatic rings. The lowest BCUT2D eigenvalue weighted by Gasteiger charge is -2.20. The standard InChI is InChI=1S/C68H62N6O/c1-65(2,3)42-27-31-53-48(35-42)49-36-43(66(4,5)6)28-32-54(49)73(53)57-39-52-46-25-20-26-47(64-71-62(40-21-16-14-17-22-40)70-63(72-64)41-23-18-15-19-24-41)60(46)75-61(52)59(58(57)69-13)74-55-33-29-44(67(7,8)9)37-50(55)51-38-45(68(10,11)12)30-34-56(51)74/h14-39H,1-12H3. The minimum Gasteiger partial charge on any atom is -0.454 e. The Bertz CT molecular complexity index is 4120. The zero-order valence-corrected chi connectivity index (χ0v) is 45.1. The van der Waals surface area contributed by atoms with Crippen molar-refractivity contribution < 1.29 is 4.42 Å². The number of fused-ring (bicyclic) bond motifs is 9. The maximum absolute atomic E-state index is 9.45. The summed E-state index contributed by atoms with van der Waals surface area (Å²) in [7, 11) is 0. The van der Waals surface area contributed by atoms with E-state index in [9.17, 15) is 6.57 Å². The first kappa shape index (κ1) is 47.7. The number of para-hydroxylation sites is 1. The molecular formula is C68H62N6O. The molecule has 0 saturated heterocycles. The second-order valence-electron chi connectivity index (χ2n) is 24.5. The van der Waals surface area contributed by atoms with Gasteiger partial charge in [-0.15, -0.1) is 0 Å². The Labute approximate surface area is 439 Å². The van der Waals surface area contributed by atoms with Crippen molar-refractivity contribution in [2.45, 2.75) is 105 Å². The second-order valence-corrected chi connectivity index (χ2v) is 24.5. The van der Waals surface area contributed by atoms with E-state index in [4.69, 9.17) is 19.4 Å². The molecule has 0 unspecified atom stereocenters. The topological polar surface area (TPSA) is 66.0 Å². The van der Waals surface area contributed by atoms with Crippen LogP contribution in [0.2, 0.25) is 0 Å². The van der Waals surface area contributed by atoms with Gasteiger partial charge in [-0.1, -0.05) is 180 Å². The summed E-state index contributed by atoms with van der Waals surface area (Å²) in [6.45, 7) is 36.7.